The second kappa shape index (κ2) is 3.74. The molecule has 0 radical (unpaired) electrons. The van der Waals surface area contributed by atoms with Crippen LogP contribution < -0.4 is 5.73 Å². The molecule has 1 spiro atoms. The van der Waals surface area contributed by atoms with E-state index < -0.39 is 0 Å². The lowest BCUT2D eigenvalue weighted by Gasteiger charge is -2.34. The number of hydrogen-bond acceptors (Lipinski definition) is 2. The van der Waals surface area contributed by atoms with E-state index in [4.69, 9.17) is 5.73 Å². The van der Waals surface area contributed by atoms with Gasteiger partial charge in [0.25, 0.3) is 0 Å². The lowest BCUT2D eigenvalue weighted by molar-refractivity contribution is 0.125. The summed E-state index contributed by atoms with van der Waals surface area (Å²) in [5.41, 5.74) is 6.36. The van der Waals surface area contributed by atoms with Gasteiger partial charge in [-0.1, -0.05) is 13.8 Å². The van der Waals surface area contributed by atoms with Crippen molar-refractivity contribution in [2.24, 2.45) is 28.4 Å². The molecule has 2 aliphatic rings. The van der Waals surface area contributed by atoms with Crippen molar-refractivity contribution in [1.82, 2.24) is 0 Å². The van der Waals surface area contributed by atoms with Gasteiger partial charge in [0.15, 0.2) is 0 Å². The Labute approximate surface area is 93.2 Å². The van der Waals surface area contributed by atoms with Crippen LogP contribution in [-0.2, 0) is 0 Å². The summed E-state index contributed by atoms with van der Waals surface area (Å²) in [7, 11) is 0. The summed E-state index contributed by atoms with van der Waals surface area (Å²) in [5.74, 6) is 1.73. The van der Waals surface area contributed by atoms with Crippen LogP contribution >= 0.6 is 0 Å². The van der Waals surface area contributed by atoms with E-state index in [0.717, 1.165) is 11.8 Å². The summed E-state index contributed by atoms with van der Waals surface area (Å²) in [5, 5.41) is 9.47. The Morgan fingerprint density at radius 3 is 2.27 bits per heavy atom. The first-order valence-electron chi connectivity index (χ1n) is 6.40. The van der Waals surface area contributed by atoms with Crippen molar-refractivity contribution in [3.8, 4) is 0 Å². The molecule has 0 bridgehead atoms. The first-order valence-corrected chi connectivity index (χ1v) is 6.40. The first-order chi connectivity index (χ1) is 7.09. The van der Waals surface area contributed by atoms with Gasteiger partial charge in [-0.25, -0.2) is 0 Å². The fourth-order valence-electron chi connectivity index (χ4n) is 3.75. The molecule has 2 saturated carbocycles. The zero-order valence-corrected chi connectivity index (χ0v) is 10.1. The topological polar surface area (TPSA) is 46.2 Å². The SMILES string of the molecule is CC(C)C1CCC2(CC1)CC2(CN)CO. The summed E-state index contributed by atoms with van der Waals surface area (Å²) in [4.78, 5) is 0. The van der Waals surface area contributed by atoms with Gasteiger partial charge in [0.2, 0.25) is 0 Å². The molecule has 0 aliphatic heterocycles. The highest BCUT2D eigenvalue weighted by molar-refractivity contribution is 5.15. The first kappa shape index (κ1) is 11.4. The molecule has 0 amide bonds. The highest BCUT2D eigenvalue weighted by atomic mass is 16.3. The van der Waals surface area contributed by atoms with Crippen molar-refractivity contribution in [1.29, 1.82) is 0 Å². The van der Waals surface area contributed by atoms with Gasteiger partial charge in [-0.2, -0.15) is 0 Å². The van der Waals surface area contributed by atoms with E-state index in [1.165, 1.54) is 32.1 Å². The zero-order valence-electron chi connectivity index (χ0n) is 10.1. The van der Waals surface area contributed by atoms with Crippen LogP contribution in [0.1, 0.15) is 46.0 Å². The van der Waals surface area contributed by atoms with Gasteiger partial charge < -0.3 is 10.8 Å². The third kappa shape index (κ3) is 1.62. The second-order valence-corrected chi connectivity index (χ2v) is 6.18. The Morgan fingerprint density at radius 1 is 1.33 bits per heavy atom. The van der Waals surface area contributed by atoms with Gasteiger partial charge in [0.1, 0.15) is 0 Å². The smallest absolute Gasteiger partial charge is 0.0505 e. The Balaban J connectivity index is 1.95. The van der Waals surface area contributed by atoms with E-state index in [0.29, 0.717) is 18.6 Å². The molecular formula is C13H25NO. The molecule has 0 aromatic rings. The highest BCUT2D eigenvalue weighted by Gasteiger charge is 2.65. The maximum atomic E-state index is 9.47. The van der Waals surface area contributed by atoms with Crippen LogP contribution in [0.15, 0.2) is 0 Å². The normalized spacial score (nSPS) is 45.0. The Bertz CT molecular complexity index is 225. The highest BCUT2D eigenvalue weighted by Crippen LogP contribution is 2.70. The molecule has 1 unspecified atom stereocenters. The van der Waals surface area contributed by atoms with Crippen LogP contribution in [0.4, 0.5) is 0 Å². The van der Waals surface area contributed by atoms with Crippen LogP contribution in [0.3, 0.4) is 0 Å². The lowest BCUT2D eigenvalue weighted by atomic mass is 9.72. The van der Waals surface area contributed by atoms with Crippen molar-refractivity contribution in [2.75, 3.05) is 13.2 Å². The summed E-state index contributed by atoms with van der Waals surface area (Å²) in [6, 6.07) is 0. The van der Waals surface area contributed by atoms with Crippen LogP contribution in [0.5, 0.6) is 0 Å². The number of nitrogens with two attached hydrogens (primary N) is 1. The van der Waals surface area contributed by atoms with Gasteiger partial charge in [-0.3, -0.25) is 0 Å². The van der Waals surface area contributed by atoms with Gasteiger partial charge in [0, 0.05) is 12.0 Å². The van der Waals surface area contributed by atoms with Gasteiger partial charge >= 0.3 is 0 Å². The molecule has 0 aromatic carbocycles. The van der Waals surface area contributed by atoms with Crippen molar-refractivity contribution in [3.63, 3.8) is 0 Å². The van der Waals surface area contributed by atoms with Crippen molar-refractivity contribution in [3.05, 3.63) is 0 Å². The molecule has 2 fully saturated rings. The van der Waals surface area contributed by atoms with E-state index in [1.54, 1.807) is 0 Å². The third-order valence-corrected chi connectivity index (χ3v) is 5.30. The largest absolute Gasteiger partial charge is 0.396 e. The van der Waals surface area contributed by atoms with Crippen molar-refractivity contribution < 1.29 is 5.11 Å². The number of aliphatic hydroxyl groups is 1. The Hall–Kier alpha value is -0.0800. The van der Waals surface area contributed by atoms with Crippen LogP contribution in [0, 0.1) is 22.7 Å². The van der Waals surface area contributed by atoms with Crippen LogP contribution in [0.2, 0.25) is 0 Å². The Morgan fingerprint density at radius 2 is 1.93 bits per heavy atom. The fraction of sp³-hybridized carbons (Fsp3) is 1.00. The minimum absolute atomic E-state index is 0.106. The number of rotatable bonds is 3. The van der Waals surface area contributed by atoms with E-state index in [-0.39, 0.29) is 5.41 Å². The second-order valence-electron chi connectivity index (χ2n) is 6.18. The van der Waals surface area contributed by atoms with E-state index in [1.807, 2.05) is 0 Å². The average molecular weight is 211 g/mol. The molecule has 0 saturated heterocycles. The minimum Gasteiger partial charge on any atom is -0.396 e. The molecule has 88 valence electrons. The average Bonchev–Trinajstić information content (AvgIpc) is 2.87. The minimum atomic E-state index is 0.106. The van der Waals surface area contributed by atoms with Gasteiger partial charge in [0.05, 0.1) is 6.61 Å². The maximum Gasteiger partial charge on any atom is 0.0505 e. The molecule has 2 rings (SSSR count). The quantitative estimate of drug-likeness (QED) is 0.751. The van der Waals surface area contributed by atoms with Crippen LogP contribution in [-0.4, -0.2) is 18.3 Å². The molecule has 0 aromatic heterocycles. The van der Waals surface area contributed by atoms with E-state index in [2.05, 4.69) is 13.8 Å². The molecule has 2 heteroatoms. The fourth-order valence-corrected chi connectivity index (χ4v) is 3.75. The summed E-state index contributed by atoms with van der Waals surface area (Å²) >= 11 is 0. The van der Waals surface area contributed by atoms with Crippen molar-refractivity contribution in [2.45, 2.75) is 46.0 Å². The monoisotopic (exact) mass is 211 g/mol. The molecule has 1 atom stereocenters. The molecule has 2 nitrogen and oxygen atoms in total. The van der Waals surface area contributed by atoms with E-state index >= 15 is 0 Å². The molecule has 15 heavy (non-hydrogen) atoms. The number of hydrogen-bond donors (Lipinski definition) is 2. The van der Waals surface area contributed by atoms with Gasteiger partial charge in [-0.15, -0.1) is 0 Å². The Kier molecular flexibility index (Phi) is 2.85. The van der Waals surface area contributed by atoms with Crippen LogP contribution in [0.25, 0.3) is 0 Å². The molecule has 3 N–H and O–H groups in total. The van der Waals surface area contributed by atoms with Crippen molar-refractivity contribution >= 4 is 0 Å². The lowest BCUT2D eigenvalue weighted by Crippen LogP contribution is -2.30. The van der Waals surface area contributed by atoms with Gasteiger partial charge in [-0.05, 0) is 49.4 Å². The molecular weight excluding hydrogens is 186 g/mol. The molecule has 0 heterocycles. The zero-order chi connectivity index (χ0) is 11.1. The predicted molar refractivity (Wildman–Crippen MR) is 62.4 cm³/mol. The third-order valence-electron chi connectivity index (χ3n) is 5.30. The number of aliphatic hydroxyl groups excluding tert-OH is 1. The standard InChI is InChI=1S/C13H25NO/c1-10(2)11-3-5-12(6-4-11)7-13(12,8-14)9-15/h10-11,15H,3-9,14H2,1-2H3. The predicted octanol–water partition coefficient (Wildman–Crippen LogP) is 2.16. The maximum absolute atomic E-state index is 9.47. The molecule has 2 aliphatic carbocycles. The summed E-state index contributed by atoms with van der Waals surface area (Å²) in [6.07, 6.45) is 6.47. The van der Waals surface area contributed by atoms with E-state index in [9.17, 15) is 5.11 Å². The summed E-state index contributed by atoms with van der Waals surface area (Å²) in [6.45, 7) is 5.64. The summed E-state index contributed by atoms with van der Waals surface area (Å²) < 4.78 is 0.